The van der Waals surface area contributed by atoms with Gasteiger partial charge in [-0.2, -0.15) is 0 Å². The van der Waals surface area contributed by atoms with E-state index in [1.165, 1.54) is 5.56 Å². The molecule has 1 amide bonds. The fourth-order valence-corrected chi connectivity index (χ4v) is 5.25. The van der Waals surface area contributed by atoms with Gasteiger partial charge >= 0.3 is 0 Å². The molecule has 2 aliphatic rings. The maximum absolute atomic E-state index is 12.8. The Labute approximate surface area is 185 Å². The molecule has 3 aromatic rings. The van der Waals surface area contributed by atoms with E-state index in [2.05, 4.69) is 37.2 Å². The Balaban J connectivity index is 1.19. The monoisotopic (exact) mass is 437 g/mol. The van der Waals surface area contributed by atoms with Crippen LogP contribution in [0.25, 0.3) is 0 Å². The molecule has 2 aliphatic heterocycles. The van der Waals surface area contributed by atoms with Gasteiger partial charge in [-0.25, -0.2) is 4.98 Å². The smallest absolute Gasteiger partial charge is 0.270 e. The third-order valence-corrected chi connectivity index (χ3v) is 7.03. The van der Waals surface area contributed by atoms with Crippen molar-refractivity contribution >= 4 is 17.2 Å². The number of rotatable bonds is 5. The first kappa shape index (κ1) is 20.3. The minimum Gasteiger partial charge on any atom is -0.381 e. The van der Waals surface area contributed by atoms with Gasteiger partial charge in [0, 0.05) is 49.9 Å². The van der Waals surface area contributed by atoms with Crippen molar-refractivity contribution in [3.05, 3.63) is 63.6 Å². The second-order valence-electron chi connectivity index (χ2n) is 8.30. The van der Waals surface area contributed by atoms with Gasteiger partial charge in [0.25, 0.3) is 5.91 Å². The molecule has 0 spiro atoms. The number of ether oxygens (including phenoxy) is 1. The zero-order valence-electron chi connectivity index (χ0n) is 17.5. The Hall–Kier alpha value is -2.58. The average molecular weight is 438 g/mol. The predicted molar refractivity (Wildman–Crippen MR) is 118 cm³/mol. The molecule has 4 heterocycles. The van der Waals surface area contributed by atoms with Gasteiger partial charge in [-0.3, -0.25) is 4.79 Å². The van der Waals surface area contributed by atoms with Crippen LogP contribution in [0.2, 0.25) is 0 Å². The maximum Gasteiger partial charge on any atom is 0.270 e. The van der Waals surface area contributed by atoms with Gasteiger partial charge in [0.2, 0.25) is 0 Å². The summed E-state index contributed by atoms with van der Waals surface area (Å²) >= 11 is 1.54. The second kappa shape index (κ2) is 9.28. The van der Waals surface area contributed by atoms with Crippen molar-refractivity contribution in [1.82, 2.24) is 25.1 Å². The van der Waals surface area contributed by atoms with E-state index in [1.807, 2.05) is 23.6 Å². The number of hydrogen-bond acceptors (Lipinski definition) is 6. The maximum atomic E-state index is 12.8. The molecule has 1 atom stereocenters. The van der Waals surface area contributed by atoms with E-state index in [0.29, 0.717) is 11.6 Å². The molecule has 162 valence electrons. The third-order valence-electron chi connectivity index (χ3n) is 6.18. The van der Waals surface area contributed by atoms with Gasteiger partial charge in [-0.15, -0.1) is 21.5 Å². The summed E-state index contributed by atoms with van der Waals surface area (Å²) in [6.45, 7) is 2.44. The van der Waals surface area contributed by atoms with Crippen LogP contribution in [0.3, 0.4) is 0 Å². The SMILES string of the molecule is O=C(NC1CCc2nnc(C3CCOCC3)n2CC1)c1csc(Cc2ccccc2)n1. The molecule has 2 aromatic heterocycles. The first-order chi connectivity index (χ1) is 15.3. The van der Waals surface area contributed by atoms with Crippen LogP contribution in [-0.4, -0.2) is 44.9 Å². The lowest BCUT2D eigenvalue weighted by Gasteiger charge is -2.22. The van der Waals surface area contributed by atoms with Crippen LogP contribution >= 0.6 is 11.3 Å². The third kappa shape index (κ3) is 4.70. The van der Waals surface area contributed by atoms with Gasteiger partial charge in [0.05, 0.1) is 5.01 Å². The molecule has 0 saturated carbocycles. The van der Waals surface area contributed by atoms with Crippen molar-refractivity contribution in [1.29, 1.82) is 0 Å². The molecular weight excluding hydrogens is 410 g/mol. The molecule has 8 heteroatoms. The largest absolute Gasteiger partial charge is 0.381 e. The number of benzene rings is 1. The van der Waals surface area contributed by atoms with Gasteiger partial charge in [-0.1, -0.05) is 30.3 Å². The predicted octanol–water partition coefficient (Wildman–Crippen LogP) is 3.35. The van der Waals surface area contributed by atoms with Crippen LogP contribution in [-0.2, 0) is 24.1 Å². The van der Waals surface area contributed by atoms with E-state index in [9.17, 15) is 4.79 Å². The summed E-state index contributed by atoms with van der Waals surface area (Å²) in [5, 5.41) is 15.0. The summed E-state index contributed by atoms with van der Waals surface area (Å²) in [7, 11) is 0. The summed E-state index contributed by atoms with van der Waals surface area (Å²) < 4.78 is 7.77. The van der Waals surface area contributed by atoms with Crippen LogP contribution in [0.4, 0.5) is 0 Å². The molecule has 0 radical (unpaired) electrons. The van der Waals surface area contributed by atoms with E-state index >= 15 is 0 Å². The number of nitrogens with zero attached hydrogens (tertiary/aromatic N) is 4. The molecule has 0 aliphatic carbocycles. The van der Waals surface area contributed by atoms with Gasteiger partial charge in [-0.05, 0) is 31.2 Å². The van der Waals surface area contributed by atoms with E-state index < -0.39 is 0 Å². The molecule has 5 rings (SSSR count). The highest BCUT2D eigenvalue weighted by Crippen LogP contribution is 2.28. The van der Waals surface area contributed by atoms with Crippen LogP contribution in [0, 0.1) is 0 Å². The van der Waals surface area contributed by atoms with E-state index in [4.69, 9.17) is 4.74 Å². The van der Waals surface area contributed by atoms with Crippen LogP contribution in [0.15, 0.2) is 35.7 Å². The fourth-order valence-electron chi connectivity index (χ4n) is 4.44. The number of thiazole rings is 1. The van der Waals surface area contributed by atoms with Crippen molar-refractivity contribution < 1.29 is 9.53 Å². The number of amides is 1. The molecule has 31 heavy (non-hydrogen) atoms. The summed E-state index contributed by atoms with van der Waals surface area (Å²) in [5.74, 6) is 2.48. The van der Waals surface area contributed by atoms with Gasteiger partial charge < -0.3 is 14.6 Å². The van der Waals surface area contributed by atoms with E-state index in [1.54, 1.807) is 11.3 Å². The first-order valence-electron chi connectivity index (χ1n) is 11.0. The van der Waals surface area contributed by atoms with Crippen LogP contribution in [0.1, 0.15) is 64.3 Å². The lowest BCUT2D eigenvalue weighted by molar-refractivity contribution is 0.0826. The van der Waals surface area contributed by atoms with Crippen molar-refractivity contribution in [3.63, 3.8) is 0 Å². The van der Waals surface area contributed by atoms with Gasteiger partial charge in [0.1, 0.15) is 17.3 Å². The van der Waals surface area contributed by atoms with Crippen molar-refractivity contribution in [2.24, 2.45) is 0 Å². The zero-order valence-corrected chi connectivity index (χ0v) is 18.3. The number of aryl methyl sites for hydroxylation is 1. The average Bonchev–Trinajstić information content (AvgIpc) is 3.39. The van der Waals surface area contributed by atoms with E-state index in [0.717, 1.165) is 74.9 Å². The summed E-state index contributed by atoms with van der Waals surface area (Å²) in [6, 6.07) is 10.3. The Bertz CT molecular complexity index is 1030. The quantitative estimate of drug-likeness (QED) is 0.662. The van der Waals surface area contributed by atoms with Crippen molar-refractivity contribution in [2.45, 2.75) is 57.0 Å². The van der Waals surface area contributed by atoms with Crippen molar-refractivity contribution in [2.75, 3.05) is 13.2 Å². The normalized spacial score (nSPS) is 19.5. The van der Waals surface area contributed by atoms with Crippen molar-refractivity contribution in [3.8, 4) is 0 Å². The molecule has 1 fully saturated rings. The number of nitrogens with one attached hydrogen (secondary N) is 1. The summed E-state index contributed by atoms with van der Waals surface area (Å²) in [5.41, 5.74) is 1.72. The summed E-state index contributed by atoms with van der Waals surface area (Å²) in [6.07, 6.45) is 5.36. The Morgan fingerprint density at radius 2 is 1.97 bits per heavy atom. The van der Waals surface area contributed by atoms with Gasteiger partial charge in [0.15, 0.2) is 0 Å². The first-order valence-corrected chi connectivity index (χ1v) is 11.9. The molecule has 1 saturated heterocycles. The zero-order chi connectivity index (χ0) is 21.0. The summed E-state index contributed by atoms with van der Waals surface area (Å²) in [4.78, 5) is 17.4. The molecule has 7 nitrogen and oxygen atoms in total. The minimum absolute atomic E-state index is 0.0807. The number of carbonyl (C=O) groups excluding carboxylic acids is 1. The standard InChI is InChI=1S/C23H27N5O2S/c29-23(19-15-31-21(25-19)14-16-4-2-1-3-5-16)24-18-6-7-20-26-27-22(28(20)11-8-18)17-9-12-30-13-10-17/h1-5,15,17-18H,6-14H2,(H,24,29). The Morgan fingerprint density at radius 3 is 2.81 bits per heavy atom. The molecule has 1 unspecified atom stereocenters. The Kier molecular flexibility index (Phi) is 6.08. The molecular formula is C23H27N5O2S. The van der Waals surface area contributed by atoms with Crippen LogP contribution < -0.4 is 5.32 Å². The topological polar surface area (TPSA) is 81.9 Å². The second-order valence-corrected chi connectivity index (χ2v) is 9.24. The number of fused-ring (bicyclic) bond motifs is 1. The lowest BCUT2D eigenvalue weighted by atomic mass is 9.99. The highest BCUT2D eigenvalue weighted by Gasteiger charge is 2.27. The molecule has 1 N–H and O–H groups in total. The molecule has 0 bridgehead atoms. The fraction of sp³-hybridized carbons (Fsp3) is 0.478. The highest BCUT2D eigenvalue weighted by molar-refractivity contribution is 7.09. The number of hydrogen-bond donors (Lipinski definition) is 1. The number of carbonyl (C=O) groups is 1. The lowest BCUT2D eigenvalue weighted by Crippen LogP contribution is -2.35. The highest BCUT2D eigenvalue weighted by atomic mass is 32.1. The minimum atomic E-state index is -0.0807. The van der Waals surface area contributed by atoms with E-state index in [-0.39, 0.29) is 11.9 Å². The van der Waals surface area contributed by atoms with Crippen LogP contribution in [0.5, 0.6) is 0 Å². The Morgan fingerprint density at radius 1 is 1.13 bits per heavy atom. The number of aromatic nitrogens is 4. The molecule has 1 aromatic carbocycles.